The van der Waals surface area contributed by atoms with E-state index in [-0.39, 0.29) is 28.4 Å². The topological polar surface area (TPSA) is 95.7 Å². The van der Waals surface area contributed by atoms with Crippen molar-refractivity contribution in [1.29, 1.82) is 10.5 Å². The lowest BCUT2D eigenvalue weighted by Crippen LogP contribution is -2.05. The third-order valence-corrected chi connectivity index (χ3v) is 2.82. The van der Waals surface area contributed by atoms with Gasteiger partial charge in [0.05, 0.1) is 12.7 Å². The van der Waals surface area contributed by atoms with Crippen LogP contribution in [-0.2, 0) is 0 Å². The average Bonchev–Trinajstić information content (AvgIpc) is 2.46. The van der Waals surface area contributed by atoms with E-state index in [9.17, 15) is 14.0 Å². The molecule has 0 aliphatic carbocycles. The molecule has 104 valence electrons. The fourth-order valence-electron chi connectivity index (χ4n) is 1.93. The van der Waals surface area contributed by atoms with E-state index >= 15 is 0 Å². The zero-order valence-electron chi connectivity index (χ0n) is 10.8. The molecule has 0 aliphatic heterocycles. The molecule has 1 aromatic heterocycles. The number of hydrogen-bond donors (Lipinski definition) is 1. The van der Waals surface area contributed by atoms with Crippen molar-refractivity contribution in [2.75, 3.05) is 12.8 Å². The fourth-order valence-corrected chi connectivity index (χ4v) is 1.93. The Hall–Kier alpha value is -3.19. The number of hydrogen-bond acceptors (Lipinski definition) is 5. The summed E-state index contributed by atoms with van der Waals surface area (Å²) in [7, 11) is 1.23. The number of halogens is 2. The highest BCUT2D eigenvalue weighted by Crippen LogP contribution is 2.37. The summed E-state index contributed by atoms with van der Waals surface area (Å²) in [4.78, 5) is 3.74. The predicted molar refractivity (Wildman–Crippen MR) is 70.0 cm³/mol. The van der Waals surface area contributed by atoms with Crippen molar-refractivity contribution in [2.45, 2.75) is 0 Å². The molecule has 2 N–H and O–H groups in total. The minimum absolute atomic E-state index is 0.202. The number of benzene rings is 1. The Morgan fingerprint density at radius 3 is 2.14 bits per heavy atom. The van der Waals surface area contributed by atoms with Gasteiger partial charge in [-0.1, -0.05) is 6.07 Å². The molecule has 0 bridgehead atoms. The van der Waals surface area contributed by atoms with Crippen LogP contribution >= 0.6 is 0 Å². The quantitative estimate of drug-likeness (QED) is 0.914. The van der Waals surface area contributed by atoms with Crippen LogP contribution in [0.3, 0.4) is 0 Å². The first kappa shape index (κ1) is 14.2. The number of methoxy groups -OCH3 is 1. The molecule has 0 fully saturated rings. The van der Waals surface area contributed by atoms with Gasteiger partial charge >= 0.3 is 0 Å². The largest absolute Gasteiger partial charge is 0.480 e. The molecule has 7 heteroatoms. The molecule has 0 radical (unpaired) electrons. The van der Waals surface area contributed by atoms with Crippen LogP contribution in [0.5, 0.6) is 5.88 Å². The summed E-state index contributed by atoms with van der Waals surface area (Å²) in [5.41, 5.74) is 4.28. The zero-order valence-corrected chi connectivity index (χ0v) is 10.8. The average molecular weight is 286 g/mol. The number of nitriles is 2. The molecular weight excluding hydrogens is 278 g/mol. The maximum Gasteiger partial charge on any atom is 0.234 e. The Labute approximate surface area is 118 Å². The monoisotopic (exact) mass is 286 g/mol. The van der Waals surface area contributed by atoms with Crippen molar-refractivity contribution < 1.29 is 13.5 Å². The molecule has 5 nitrogen and oxygen atoms in total. The second kappa shape index (κ2) is 5.43. The molecule has 0 aliphatic rings. The van der Waals surface area contributed by atoms with Crippen LogP contribution in [0.2, 0.25) is 0 Å². The molecular formula is C14H8F2N4O. The van der Waals surface area contributed by atoms with Crippen LogP contribution < -0.4 is 10.5 Å². The van der Waals surface area contributed by atoms with E-state index in [2.05, 4.69) is 4.98 Å². The third-order valence-electron chi connectivity index (χ3n) is 2.82. The molecule has 0 saturated heterocycles. The fraction of sp³-hybridized carbons (Fsp3) is 0.0714. The van der Waals surface area contributed by atoms with Crippen LogP contribution in [0.1, 0.15) is 11.1 Å². The summed E-state index contributed by atoms with van der Waals surface area (Å²) in [6.45, 7) is 0. The Bertz CT molecular complexity index is 786. The summed E-state index contributed by atoms with van der Waals surface area (Å²) in [5.74, 6) is -2.32. The highest BCUT2D eigenvalue weighted by molar-refractivity contribution is 5.82. The first-order valence-electron chi connectivity index (χ1n) is 5.67. The van der Waals surface area contributed by atoms with Crippen LogP contribution in [-0.4, -0.2) is 12.1 Å². The van der Waals surface area contributed by atoms with Crippen LogP contribution in [0.4, 0.5) is 14.6 Å². The summed E-state index contributed by atoms with van der Waals surface area (Å²) < 4.78 is 32.8. The van der Waals surface area contributed by atoms with E-state index in [1.807, 2.05) is 0 Å². The van der Waals surface area contributed by atoms with Gasteiger partial charge in [-0.25, -0.2) is 8.78 Å². The Morgan fingerprint density at radius 2 is 1.67 bits per heavy atom. The molecule has 0 saturated carbocycles. The van der Waals surface area contributed by atoms with Gasteiger partial charge in [0.15, 0.2) is 0 Å². The van der Waals surface area contributed by atoms with Crippen molar-refractivity contribution in [2.24, 2.45) is 0 Å². The zero-order chi connectivity index (χ0) is 15.6. The SMILES string of the molecule is COc1nc(N)c(C#N)c(-c2c(F)cccc2F)c1C#N. The lowest BCUT2D eigenvalue weighted by Gasteiger charge is -2.13. The number of nitrogen functional groups attached to an aromatic ring is 1. The van der Waals surface area contributed by atoms with E-state index in [4.69, 9.17) is 15.7 Å². The molecule has 21 heavy (non-hydrogen) atoms. The van der Waals surface area contributed by atoms with E-state index in [0.29, 0.717) is 0 Å². The number of rotatable bonds is 2. The minimum Gasteiger partial charge on any atom is -0.480 e. The minimum atomic E-state index is -0.921. The van der Waals surface area contributed by atoms with Gasteiger partial charge in [0.2, 0.25) is 5.88 Å². The molecule has 0 spiro atoms. The number of anilines is 1. The number of nitrogens with zero attached hydrogens (tertiary/aromatic N) is 3. The Balaban J connectivity index is 3.01. The smallest absolute Gasteiger partial charge is 0.234 e. The summed E-state index contributed by atoms with van der Waals surface area (Å²) in [6, 6.07) is 6.67. The maximum absolute atomic E-state index is 14.0. The highest BCUT2D eigenvalue weighted by atomic mass is 19.1. The van der Waals surface area contributed by atoms with E-state index in [0.717, 1.165) is 12.1 Å². The van der Waals surface area contributed by atoms with E-state index < -0.39 is 17.2 Å². The number of ether oxygens (including phenoxy) is 1. The number of aromatic nitrogens is 1. The summed E-state index contributed by atoms with van der Waals surface area (Å²) in [6.07, 6.45) is 0. The van der Waals surface area contributed by atoms with Crippen LogP contribution in [0, 0.1) is 34.3 Å². The van der Waals surface area contributed by atoms with Crippen molar-refractivity contribution >= 4 is 5.82 Å². The van der Waals surface area contributed by atoms with Crippen molar-refractivity contribution in [3.05, 3.63) is 41.0 Å². The van der Waals surface area contributed by atoms with Gasteiger partial charge in [-0.3, -0.25) is 0 Å². The third kappa shape index (κ3) is 2.21. The Kier molecular flexibility index (Phi) is 3.68. The van der Waals surface area contributed by atoms with Gasteiger partial charge in [-0.2, -0.15) is 15.5 Å². The molecule has 0 unspecified atom stereocenters. The lowest BCUT2D eigenvalue weighted by atomic mass is 9.95. The summed E-state index contributed by atoms with van der Waals surface area (Å²) >= 11 is 0. The lowest BCUT2D eigenvalue weighted by molar-refractivity contribution is 0.397. The number of pyridine rings is 1. The van der Waals surface area contributed by atoms with Gasteiger partial charge < -0.3 is 10.5 Å². The standard InChI is InChI=1S/C14H8F2N4O/c1-21-14-8(6-18)11(7(5-17)13(19)20-14)12-9(15)3-2-4-10(12)16/h2-4H,1H3,(H2,19,20). The first-order valence-corrected chi connectivity index (χ1v) is 5.67. The van der Waals surface area contributed by atoms with Gasteiger partial charge in [-0.15, -0.1) is 0 Å². The maximum atomic E-state index is 14.0. The normalized spacial score (nSPS) is 9.76. The molecule has 1 aromatic carbocycles. The van der Waals surface area contributed by atoms with E-state index in [1.54, 1.807) is 12.1 Å². The van der Waals surface area contributed by atoms with Crippen LogP contribution in [0.25, 0.3) is 11.1 Å². The van der Waals surface area contributed by atoms with Crippen LogP contribution in [0.15, 0.2) is 18.2 Å². The molecule has 2 aromatic rings. The van der Waals surface area contributed by atoms with Gasteiger partial charge in [0, 0.05) is 5.56 Å². The second-order valence-corrected chi connectivity index (χ2v) is 3.95. The van der Waals surface area contributed by atoms with Gasteiger partial charge in [0.1, 0.15) is 40.7 Å². The number of nitrogens with two attached hydrogens (primary N) is 1. The first-order chi connectivity index (χ1) is 10.0. The van der Waals surface area contributed by atoms with Crippen molar-refractivity contribution in [3.63, 3.8) is 0 Å². The second-order valence-electron chi connectivity index (χ2n) is 3.95. The summed E-state index contributed by atoms with van der Waals surface area (Å²) in [5, 5.41) is 18.4. The van der Waals surface area contributed by atoms with Gasteiger partial charge in [-0.05, 0) is 12.1 Å². The van der Waals surface area contributed by atoms with E-state index in [1.165, 1.54) is 13.2 Å². The Morgan fingerprint density at radius 1 is 1.10 bits per heavy atom. The van der Waals surface area contributed by atoms with Gasteiger partial charge in [0.25, 0.3) is 0 Å². The molecule has 2 rings (SSSR count). The highest BCUT2D eigenvalue weighted by Gasteiger charge is 2.25. The molecule has 0 atom stereocenters. The predicted octanol–water partition coefficient (Wildman–Crippen LogP) is 2.36. The van der Waals surface area contributed by atoms with Crippen molar-refractivity contribution in [1.82, 2.24) is 4.98 Å². The molecule has 0 amide bonds. The molecule has 1 heterocycles. The van der Waals surface area contributed by atoms with Crippen molar-refractivity contribution in [3.8, 4) is 29.1 Å².